The molecule has 370 valence electrons. The van der Waals surface area contributed by atoms with Gasteiger partial charge in [0.1, 0.15) is 24.4 Å². The molecule has 1 amide bonds. The van der Waals surface area contributed by atoms with Crippen LogP contribution >= 0.6 is 0 Å². The highest BCUT2D eigenvalue weighted by Crippen LogP contribution is 2.26. The number of carbonyl (C=O) groups excluding carboxylic acids is 1. The van der Waals surface area contributed by atoms with Crippen LogP contribution in [0.4, 0.5) is 0 Å². The van der Waals surface area contributed by atoms with Gasteiger partial charge in [0.15, 0.2) is 0 Å². The van der Waals surface area contributed by atoms with Crippen LogP contribution in [-0.4, -0.2) is 91.9 Å². The summed E-state index contributed by atoms with van der Waals surface area (Å²) in [6.45, 7) is 4.08. The number of rotatable bonds is 46. The SMILES string of the molecule is CCCCCCCCCCCCCCCCCCCCCCCCCC(=O)NC(CCCC[C@@H]1OC(CO)[C@H](O)C(O)C1O)C(O)C(O)CCCCCCCCCCCCCC. The van der Waals surface area contributed by atoms with Crippen molar-refractivity contribution in [3.8, 4) is 0 Å². The van der Waals surface area contributed by atoms with Gasteiger partial charge < -0.3 is 40.7 Å². The lowest BCUT2D eigenvalue weighted by molar-refractivity contribution is -0.230. The summed E-state index contributed by atoms with van der Waals surface area (Å²) in [4.78, 5) is 13.1. The molecule has 0 saturated carbocycles. The van der Waals surface area contributed by atoms with E-state index >= 15 is 0 Å². The van der Waals surface area contributed by atoms with E-state index in [0.717, 1.165) is 38.5 Å². The van der Waals surface area contributed by atoms with Crippen molar-refractivity contribution < 1.29 is 40.2 Å². The van der Waals surface area contributed by atoms with Crippen molar-refractivity contribution in [2.45, 2.75) is 326 Å². The molecule has 9 nitrogen and oxygen atoms in total. The van der Waals surface area contributed by atoms with Crippen molar-refractivity contribution in [1.29, 1.82) is 0 Å². The summed E-state index contributed by atoms with van der Waals surface area (Å²) < 4.78 is 5.66. The number of aliphatic hydroxyl groups is 6. The average molecular weight is 884 g/mol. The maximum atomic E-state index is 13.1. The molecule has 0 radical (unpaired) electrons. The second kappa shape index (κ2) is 42.8. The van der Waals surface area contributed by atoms with Crippen LogP contribution < -0.4 is 5.32 Å². The molecule has 1 aliphatic heterocycles. The fourth-order valence-corrected chi connectivity index (χ4v) is 9.44. The third-order valence-electron chi connectivity index (χ3n) is 13.8. The van der Waals surface area contributed by atoms with Crippen LogP contribution in [0.3, 0.4) is 0 Å². The Morgan fingerprint density at radius 1 is 0.452 bits per heavy atom. The molecule has 9 heteroatoms. The summed E-state index contributed by atoms with van der Waals surface area (Å²) in [5.74, 6) is -0.0935. The van der Waals surface area contributed by atoms with Crippen molar-refractivity contribution in [2.24, 2.45) is 0 Å². The van der Waals surface area contributed by atoms with E-state index in [1.54, 1.807) is 0 Å². The minimum absolute atomic E-state index is 0.0935. The third-order valence-corrected chi connectivity index (χ3v) is 13.8. The number of nitrogens with one attached hydrogen (secondary N) is 1. The summed E-state index contributed by atoms with van der Waals surface area (Å²) in [6.07, 6.45) is 40.6. The lowest BCUT2D eigenvalue weighted by Crippen LogP contribution is -2.58. The quantitative estimate of drug-likeness (QED) is 0.0298. The van der Waals surface area contributed by atoms with E-state index in [1.165, 1.54) is 186 Å². The minimum atomic E-state index is -1.40. The molecular weight excluding hydrogens is 779 g/mol. The van der Waals surface area contributed by atoms with E-state index in [0.29, 0.717) is 38.5 Å². The first kappa shape index (κ1) is 59.2. The lowest BCUT2D eigenvalue weighted by atomic mass is 9.91. The predicted molar refractivity (Wildman–Crippen MR) is 258 cm³/mol. The molecule has 0 aromatic rings. The molecule has 7 N–H and O–H groups in total. The van der Waals surface area contributed by atoms with Crippen LogP contribution in [0.25, 0.3) is 0 Å². The van der Waals surface area contributed by atoms with Gasteiger partial charge in [0.2, 0.25) is 5.91 Å². The summed E-state index contributed by atoms with van der Waals surface area (Å²) >= 11 is 0. The van der Waals surface area contributed by atoms with Gasteiger partial charge in [0.25, 0.3) is 0 Å². The van der Waals surface area contributed by atoms with Gasteiger partial charge >= 0.3 is 0 Å². The molecule has 1 aliphatic rings. The molecular formula is C53H105NO8. The molecule has 0 aromatic carbocycles. The zero-order valence-electron chi connectivity index (χ0n) is 40.8. The van der Waals surface area contributed by atoms with E-state index in [4.69, 9.17) is 4.74 Å². The highest BCUT2D eigenvalue weighted by atomic mass is 16.5. The smallest absolute Gasteiger partial charge is 0.220 e. The second-order valence-corrected chi connectivity index (χ2v) is 19.6. The maximum absolute atomic E-state index is 13.1. The normalized spacial score (nSPS) is 20.7. The lowest BCUT2D eigenvalue weighted by Gasteiger charge is -2.40. The van der Waals surface area contributed by atoms with Gasteiger partial charge in [-0.05, 0) is 25.7 Å². The number of hydrogen-bond donors (Lipinski definition) is 7. The van der Waals surface area contributed by atoms with Gasteiger partial charge in [-0.2, -0.15) is 0 Å². The number of unbranched alkanes of at least 4 members (excludes halogenated alkanes) is 34. The fourth-order valence-electron chi connectivity index (χ4n) is 9.44. The Kier molecular flexibility index (Phi) is 40.9. The summed E-state index contributed by atoms with van der Waals surface area (Å²) in [6, 6.07) is -0.589. The van der Waals surface area contributed by atoms with Crippen molar-refractivity contribution in [3.63, 3.8) is 0 Å². The molecule has 6 unspecified atom stereocenters. The molecule has 1 heterocycles. The van der Waals surface area contributed by atoms with Crippen molar-refractivity contribution in [2.75, 3.05) is 6.61 Å². The molecule has 0 aromatic heterocycles. The first-order chi connectivity index (χ1) is 30.3. The highest BCUT2D eigenvalue weighted by Gasteiger charge is 2.43. The minimum Gasteiger partial charge on any atom is -0.394 e. The van der Waals surface area contributed by atoms with Crippen LogP contribution in [-0.2, 0) is 9.53 Å². The largest absolute Gasteiger partial charge is 0.394 e. The van der Waals surface area contributed by atoms with Crippen molar-refractivity contribution in [3.05, 3.63) is 0 Å². The van der Waals surface area contributed by atoms with Crippen molar-refractivity contribution >= 4 is 5.91 Å². The second-order valence-electron chi connectivity index (χ2n) is 19.6. The molecule has 1 fully saturated rings. The Labute approximate surface area is 382 Å². The zero-order valence-corrected chi connectivity index (χ0v) is 40.8. The fraction of sp³-hybridized carbons (Fsp3) is 0.981. The van der Waals surface area contributed by atoms with Crippen molar-refractivity contribution in [1.82, 2.24) is 5.32 Å². The number of hydrogen-bond acceptors (Lipinski definition) is 8. The Morgan fingerprint density at radius 2 is 0.790 bits per heavy atom. The highest BCUT2D eigenvalue weighted by molar-refractivity contribution is 5.76. The monoisotopic (exact) mass is 884 g/mol. The molecule has 1 rings (SSSR count). The van der Waals surface area contributed by atoms with Gasteiger partial charge in [-0.3, -0.25) is 4.79 Å². The van der Waals surface area contributed by atoms with E-state index < -0.39 is 55.4 Å². The number of ether oxygens (including phenoxy) is 1. The Bertz CT molecular complexity index is 955. The first-order valence-corrected chi connectivity index (χ1v) is 27.2. The number of amides is 1. The Morgan fingerprint density at radius 3 is 1.18 bits per heavy atom. The molecule has 0 aliphatic carbocycles. The van der Waals surface area contributed by atoms with Gasteiger partial charge in [0.05, 0.1) is 31.0 Å². The summed E-state index contributed by atoms with van der Waals surface area (Å²) in [5.41, 5.74) is 0. The third kappa shape index (κ3) is 32.0. The summed E-state index contributed by atoms with van der Waals surface area (Å²) in [7, 11) is 0. The topological polar surface area (TPSA) is 160 Å². The number of carbonyl (C=O) groups is 1. The molecule has 1 saturated heterocycles. The average Bonchev–Trinajstić information content (AvgIpc) is 3.27. The van der Waals surface area contributed by atoms with E-state index in [-0.39, 0.29) is 5.91 Å². The first-order valence-electron chi connectivity index (χ1n) is 27.2. The summed E-state index contributed by atoms with van der Waals surface area (Å²) in [5, 5.41) is 65.6. The number of aliphatic hydroxyl groups excluding tert-OH is 6. The molecule has 0 bridgehead atoms. The molecule has 8 atom stereocenters. The van der Waals surface area contributed by atoms with E-state index in [2.05, 4.69) is 19.2 Å². The molecule has 0 spiro atoms. The van der Waals surface area contributed by atoms with E-state index in [9.17, 15) is 35.4 Å². The van der Waals surface area contributed by atoms with E-state index in [1.807, 2.05) is 0 Å². The van der Waals surface area contributed by atoms with Crippen LogP contribution in [0.5, 0.6) is 0 Å². The zero-order chi connectivity index (χ0) is 45.3. The van der Waals surface area contributed by atoms with Crippen LogP contribution in [0.2, 0.25) is 0 Å². The van der Waals surface area contributed by atoms with Gasteiger partial charge in [-0.1, -0.05) is 245 Å². The maximum Gasteiger partial charge on any atom is 0.220 e. The van der Waals surface area contributed by atoms with Crippen LogP contribution in [0, 0.1) is 0 Å². The van der Waals surface area contributed by atoms with Gasteiger partial charge in [-0.25, -0.2) is 0 Å². The van der Waals surface area contributed by atoms with Crippen LogP contribution in [0.1, 0.15) is 277 Å². The standard InChI is InChI=1S/C53H105NO8/c1-3-5-7-9-11-13-15-17-18-19-20-21-22-23-24-25-26-27-29-31-33-35-37-43-49(57)54-45(40-38-39-42-47-51(59)53(61)52(60)48(44-55)62-47)50(58)46(56)41-36-34-32-30-28-16-14-12-10-8-6-4-2/h45-48,50-53,55-56,58-61H,3-44H2,1-2H3,(H,54,57)/t45?,46?,47-,48?,50?,51?,52-,53?/m0/s1. The molecule has 62 heavy (non-hydrogen) atoms. The van der Waals surface area contributed by atoms with Gasteiger partial charge in [0, 0.05) is 6.42 Å². The Hall–Kier alpha value is -0.810. The van der Waals surface area contributed by atoms with Crippen LogP contribution in [0.15, 0.2) is 0 Å². The van der Waals surface area contributed by atoms with Gasteiger partial charge in [-0.15, -0.1) is 0 Å². The Balaban J connectivity index is 2.27. The predicted octanol–water partition coefficient (Wildman–Crippen LogP) is 12.1.